The zero-order chi connectivity index (χ0) is 27.4. The summed E-state index contributed by atoms with van der Waals surface area (Å²) < 4.78 is 64.3. The minimum absolute atomic E-state index is 0.186. The molecular formula is C29H31F4NO3. The number of pyridine rings is 1. The largest absolute Gasteiger partial charge is 0.457 e. The highest BCUT2D eigenvalue weighted by Crippen LogP contribution is 2.34. The Morgan fingerprint density at radius 1 is 0.973 bits per heavy atom. The standard InChI is InChI=1S/C29H31F4NO3/c1-6-18(3)28(4,5)37-25(7-2)24-10-8-9-23(34-24)19-11-14-21(15-12-19)36-26-16-13-20(30)17-22(26)27(35)29(31,32)33/h8-18,25H,6-7H2,1-5H3/t18?,25-/m1/s1. The lowest BCUT2D eigenvalue weighted by Crippen LogP contribution is -2.34. The minimum Gasteiger partial charge on any atom is -0.457 e. The molecule has 2 aromatic carbocycles. The second-order valence-corrected chi connectivity index (χ2v) is 9.47. The number of carbonyl (C=O) groups excluding carboxylic acids is 1. The summed E-state index contributed by atoms with van der Waals surface area (Å²) in [4.78, 5) is 16.5. The molecular weight excluding hydrogens is 486 g/mol. The first-order chi connectivity index (χ1) is 17.4. The fraction of sp³-hybridized carbons (Fsp3) is 0.379. The van der Waals surface area contributed by atoms with Crippen molar-refractivity contribution in [3.8, 4) is 22.8 Å². The van der Waals surface area contributed by atoms with Crippen LogP contribution < -0.4 is 4.74 Å². The lowest BCUT2D eigenvalue weighted by atomic mass is 9.90. The number of Topliss-reactive ketones (excluding diaryl/α,β-unsaturated/α-hetero) is 1. The van der Waals surface area contributed by atoms with Gasteiger partial charge >= 0.3 is 6.18 Å². The summed E-state index contributed by atoms with van der Waals surface area (Å²) in [6.45, 7) is 10.5. The summed E-state index contributed by atoms with van der Waals surface area (Å²) in [5, 5.41) is 0. The van der Waals surface area contributed by atoms with Gasteiger partial charge in [-0.25, -0.2) is 4.39 Å². The number of ether oxygens (including phenoxy) is 2. The van der Waals surface area contributed by atoms with Gasteiger partial charge in [0.1, 0.15) is 17.3 Å². The average Bonchev–Trinajstić information content (AvgIpc) is 2.87. The molecule has 0 spiro atoms. The molecule has 0 saturated carbocycles. The summed E-state index contributed by atoms with van der Waals surface area (Å²) in [5.74, 6) is -2.98. The van der Waals surface area contributed by atoms with Gasteiger partial charge in [-0.05, 0) is 80.8 Å². The summed E-state index contributed by atoms with van der Waals surface area (Å²) in [6.07, 6.45) is -3.60. The van der Waals surface area contributed by atoms with E-state index in [1.807, 2.05) is 25.1 Å². The molecule has 2 atom stereocenters. The van der Waals surface area contributed by atoms with Crippen LogP contribution >= 0.6 is 0 Å². The molecule has 0 radical (unpaired) electrons. The first kappa shape index (κ1) is 28.3. The van der Waals surface area contributed by atoms with Crippen LogP contribution in [0.3, 0.4) is 0 Å². The van der Waals surface area contributed by atoms with Gasteiger partial charge in [0.25, 0.3) is 5.78 Å². The SMILES string of the molecule is CCC(C)C(C)(C)O[C@H](CC)c1cccc(-c2ccc(Oc3ccc(F)cc3C(=O)C(F)(F)F)cc2)n1. The van der Waals surface area contributed by atoms with Crippen molar-refractivity contribution in [3.05, 3.63) is 77.7 Å². The Hall–Kier alpha value is -3.26. The normalized spacial score (nSPS) is 13.8. The molecule has 3 aromatic rings. The maximum Gasteiger partial charge on any atom is 0.455 e. The van der Waals surface area contributed by atoms with Gasteiger partial charge < -0.3 is 9.47 Å². The third-order valence-electron chi connectivity index (χ3n) is 6.54. The molecule has 1 heterocycles. The van der Waals surface area contributed by atoms with Crippen LogP contribution in [0.5, 0.6) is 11.5 Å². The molecule has 198 valence electrons. The fourth-order valence-electron chi connectivity index (χ4n) is 3.86. The van der Waals surface area contributed by atoms with Gasteiger partial charge in [0.2, 0.25) is 0 Å². The second kappa shape index (κ2) is 11.4. The number of hydrogen-bond acceptors (Lipinski definition) is 4. The highest BCUT2D eigenvalue weighted by molar-refractivity contribution is 6.02. The molecule has 0 fully saturated rings. The van der Waals surface area contributed by atoms with Gasteiger partial charge in [-0.2, -0.15) is 13.2 Å². The van der Waals surface area contributed by atoms with Crippen molar-refractivity contribution in [1.29, 1.82) is 0 Å². The van der Waals surface area contributed by atoms with Crippen LogP contribution in [0.2, 0.25) is 0 Å². The molecule has 4 nitrogen and oxygen atoms in total. The van der Waals surface area contributed by atoms with E-state index in [1.54, 1.807) is 24.3 Å². The summed E-state index contributed by atoms with van der Waals surface area (Å²) >= 11 is 0. The van der Waals surface area contributed by atoms with E-state index < -0.39 is 23.3 Å². The first-order valence-electron chi connectivity index (χ1n) is 12.2. The van der Waals surface area contributed by atoms with Crippen LogP contribution in [-0.2, 0) is 4.74 Å². The molecule has 37 heavy (non-hydrogen) atoms. The number of ketones is 1. The average molecular weight is 518 g/mol. The predicted molar refractivity (Wildman–Crippen MR) is 134 cm³/mol. The van der Waals surface area contributed by atoms with E-state index in [0.29, 0.717) is 17.7 Å². The van der Waals surface area contributed by atoms with Crippen LogP contribution in [0, 0.1) is 11.7 Å². The van der Waals surface area contributed by atoms with E-state index >= 15 is 0 Å². The minimum atomic E-state index is -5.16. The molecule has 1 unspecified atom stereocenters. The molecule has 0 saturated heterocycles. The third-order valence-corrected chi connectivity index (χ3v) is 6.54. The number of halogens is 4. The predicted octanol–water partition coefficient (Wildman–Crippen LogP) is 8.72. The zero-order valence-electron chi connectivity index (χ0n) is 21.5. The molecule has 3 rings (SSSR count). The summed E-state index contributed by atoms with van der Waals surface area (Å²) in [6, 6.07) is 14.6. The monoisotopic (exact) mass is 517 g/mol. The van der Waals surface area contributed by atoms with Gasteiger partial charge in [0.15, 0.2) is 0 Å². The number of aromatic nitrogens is 1. The molecule has 1 aromatic heterocycles. The lowest BCUT2D eigenvalue weighted by Gasteiger charge is -2.35. The molecule has 0 bridgehead atoms. The third kappa shape index (κ3) is 6.95. The Bertz CT molecular complexity index is 1220. The van der Waals surface area contributed by atoms with E-state index in [2.05, 4.69) is 27.7 Å². The molecule has 0 aliphatic rings. The van der Waals surface area contributed by atoms with Crippen LogP contribution in [0.1, 0.15) is 69.6 Å². The van der Waals surface area contributed by atoms with Crippen molar-refractivity contribution < 1.29 is 31.8 Å². The maximum atomic E-state index is 13.5. The molecule has 0 aliphatic heterocycles. The zero-order valence-corrected chi connectivity index (χ0v) is 21.5. The Morgan fingerprint density at radius 2 is 1.65 bits per heavy atom. The maximum absolute atomic E-state index is 13.5. The fourth-order valence-corrected chi connectivity index (χ4v) is 3.86. The Balaban J connectivity index is 1.83. The smallest absolute Gasteiger partial charge is 0.455 e. The van der Waals surface area contributed by atoms with E-state index in [9.17, 15) is 22.4 Å². The van der Waals surface area contributed by atoms with Gasteiger partial charge in [-0.1, -0.05) is 33.3 Å². The Labute approximate surface area is 214 Å². The molecule has 0 N–H and O–H groups in total. The van der Waals surface area contributed by atoms with Crippen molar-refractivity contribution in [3.63, 3.8) is 0 Å². The lowest BCUT2D eigenvalue weighted by molar-refractivity contribution is -0.107. The van der Waals surface area contributed by atoms with E-state index in [1.165, 1.54) is 0 Å². The Kier molecular flexibility index (Phi) is 8.74. The van der Waals surface area contributed by atoms with Crippen molar-refractivity contribution in [2.45, 2.75) is 65.3 Å². The van der Waals surface area contributed by atoms with Crippen LogP contribution in [-0.4, -0.2) is 22.5 Å². The van der Waals surface area contributed by atoms with Crippen LogP contribution in [0.4, 0.5) is 17.6 Å². The van der Waals surface area contributed by atoms with Gasteiger partial charge in [-0.3, -0.25) is 9.78 Å². The van der Waals surface area contributed by atoms with Crippen molar-refractivity contribution >= 4 is 5.78 Å². The highest BCUT2D eigenvalue weighted by Gasteiger charge is 2.41. The number of alkyl halides is 3. The first-order valence-corrected chi connectivity index (χ1v) is 12.2. The molecule has 0 amide bonds. The number of rotatable bonds is 10. The number of nitrogens with zero attached hydrogens (tertiary/aromatic N) is 1. The van der Waals surface area contributed by atoms with Crippen LogP contribution in [0.25, 0.3) is 11.3 Å². The Morgan fingerprint density at radius 3 is 2.24 bits per heavy atom. The van der Waals surface area contributed by atoms with Crippen molar-refractivity contribution in [2.24, 2.45) is 5.92 Å². The van der Waals surface area contributed by atoms with Gasteiger partial charge in [0.05, 0.1) is 28.7 Å². The highest BCUT2D eigenvalue weighted by atomic mass is 19.4. The van der Waals surface area contributed by atoms with E-state index in [-0.39, 0.29) is 23.2 Å². The summed E-state index contributed by atoms with van der Waals surface area (Å²) in [5.41, 5.74) is 1.05. The van der Waals surface area contributed by atoms with Crippen LogP contribution in [0.15, 0.2) is 60.7 Å². The van der Waals surface area contributed by atoms with E-state index in [4.69, 9.17) is 14.5 Å². The number of carbonyl (C=O) groups is 1. The number of benzene rings is 2. The van der Waals surface area contributed by atoms with Crippen molar-refractivity contribution in [1.82, 2.24) is 4.98 Å². The molecule has 8 heteroatoms. The van der Waals surface area contributed by atoms with E-state index in [0.717, 1.165) is 36.2 Å². The van der Waals surface area contributed by atoms with Crippen molar-refractivity contribution in [2.75, 3.05) is 0 Å². The van der Waals surface area contributed by atoms with Gasteiger partial charge in [0, 0.05) is 5.56 Å². The summed E-state index contributed by atoms with van der Waals surface area (Å²) in [7, 11) is 0. The van der Waals surface area contributed by atoms with Gasteiger partial charge in [-0.15, -0.1) is 0 Å². The quantitative estimate of drug-likeness (QED) is 0.199. The number of hydrogen-bond donors (Lipinski definition) is 0. The topological polar surface area (TPSA) is 48.4 Å². The second-order valence-electron chi connectivity index (χ2n) is 9.47. The molecule has 0 aliphatic carbocycles.